The van der Waals surface area contributed by atoms with Gasteiger partial charge < -0.3 is 10.7 Å². The Kier molecular flexibility index (Phi) is 4.73. The van der Waals surface area contributed by atoms with Crippen LogP contribution < -0.4 is 10.6 Å². The van der Waals surface area contributed by atoms with Crippen LogP contribution >= 0.6 is 11.3 Å². The van der Waals surface area contributed by atoms with Gasteiger partial charge in [0.2, 0.25) is 0 Å². The summed E-state index contributed by atoms with van der Waals surface area (Å²) in [7, 11) is 0. The summed E-state index contributed by atoms with van der Waals surface area (Å²) >= 11 is 1.49. The molecule has 108 valence electrons. The van der Waals surface area contributed by atoms with Gasteiger partial charge in [-0.3, -0.25) is 10.3 Å². The van der Waals surface area contributed by atoms with Gasteiger partial charge in [-0.15, -0.1) is 11.3 Å². The number of thiazole rings is 1. The Hall–Kier alpha value is -1.89. The van der Waals surface area contributed by atoms with E-state index in [0.717, 1.165) is 48.2 Å². The van der Waals surface area contributed by atoms with Crippen molar-refractivity contribution in [1.82, 2.24) is 15.0 Å². The third-order valence-electron chi connectivity index (χ3n) is 2.98. The summed E-state index contributed by atoms with van der Waals surface area (Å²) in [6.45, 7) is 4.79. The topological polar surface area (TPSA) is 94.7 Å². The molecule has 2 aromatic heterocycles. The molecule has 0 spiro atoms. The fraction of sp³-hybridized carbons (Fsp3) is 0.462. The van der Waals surface area contributed by atoms with Gasteiger partial charge in [0.05, 0.1) is 11.9 Å². The van der Waals surface area contributed by atoms with Crippen molar-refractivity contribution in [3.8, 4) is 11.4 Å². The molecule has 0 aliphatic rings. The van der Waals surface area contributed by atoms with Crippen LogP contribution in [0.15, 0.2) is 11.6 Å². The molecule has 0 aliphatic heterocycles. The lowest BCUT2D eigenvalue weighted by Gasteiger charge is -2.19. The molecule has 0 fully saturated rings. The molecule has 0 atom stereocenters. The van der Waals surface area contributed by atoms with Crippen LogP contribution in [0.1, 0.15) is 32.0 Å². The fourth-order valence-electron chi connectivity index (χ4n) is 1.90. The molecular formula is C13H20N6S. The Morgan fingerprint density at radius 1 is 1.50 bits per heavy atom. The smallest absolute Gasteiger partial charge is 0.194 e. The largest absolute Gasteiger partial charge is 0.370 e. The molecule has 0 aromatic carbocycles. The predicted octanol–water partition coefficient (Wildman–Crippen LogP) is 2.73. The average Bonchev–Trinajstić information content (AvgIpc) is 3.03. The Morgan fingerprint density at radius 3 is 2.90 bits per heavy atom. The number of nitrogens with one attached hydrogen (secondary N) is 2. The minimum Gasteiger partial charge on any atom is -0.370 e. The van der Waals surface area contributed by atoms with Crippen LogP contribution in [-0.2, 0) is 0 Å². The lowest BCUT2D eigenvalue weighted by Crippen LogP contribution is -2.37. The SMILES string of the molecule is CCCCCN(C(=N)N)c1nc(-c2cnc(C)[nH]2)cs1. The first kappa shape index (κ1) is 14.5. The van der Waals surface area contributed by atoms with Crippen molar-refractivity contribution >= 4 is 22.4 Å². The molecule has 0 bridgehead atoms. The number of H-pyrrole nitrogens is 1. The molecule has 2 heterocycles. The number of anilines is 1. The first-order valence-electron chi connectivity index (χ1n) is 6.71. The summed E-state index contributed by atoms with van der Waals surface area (Å²) in [5.41, 5.74) is 7.39. The Balaban J connectivity index is 2.14. The molecule has 2 rings (SSSR count). The fourth-order valence-corrected chi connectivity index (χ4v) is 2.77. The van der Waals surface area contributed by atoms with Crippen LogP contribution in [0.5, 0.6) is 0 Å². The summed E-state index contributed by atoms with van der Waals surface area (Å²) in [6, 6.07) is 0. The number of aromatic nitrogens is 3. The second-order valence-corrected chi connectivity index (χ2v) is 5.48. The number of nitrogens with zero attached hydrogens (tertiary/aromatic N) is 3. The van der Waals surface area contributed by atoms with Gasteiger partial charge in [-0.05, 0) is 13.3 Å². The van der Waals surface area contributed by atoms with Gasteiger partial charge in [-0.25, -0.2) is 9.97 Å². The molecule has 4 N–H and O–H groups in total. The minimum absolute atomic E-state index is 0.0443. The molecule has 0 aliphatic carbocycles. The Morgan fingerprint density at radius 2 is 2.30 bits per heavy atom. The molecule has 7 heteroatoms. The molecule has 0 saturated carbocycles. The molecule has 0 radical (unpaired) electrons. The third kappa shape index (κ3) is 3.36. The van der Waals surface area contributed by atoms with E-state index in [2.05, 4.69) is 21.9 Å². The van der Waals surface area contributed by atoms with Gasteiger partial charge in [-0.1, -0.05) is 19.8 Å². The van der Waals surface area contributed by atoms with Gasteiger partial charge in [0.15, 0.2) is 11.1 Å². The van der Waals surface area contributed by atoms with Crippen molar-refractivity contribution in [3.63, 3.8) is 0 Å². The van der Waals surface area contributed by atoms with E-state index in [1.807, 2.05) is 12.3 Å². The van der Waals surface area contributed by atoms with Gasteiger partial charge >= 0.3 is 0 Å². The van der Waals surface area contributed by atoms with Crippen molar-refractivity contribution in [2.45, 2.75) is 33.1 Å². The maximum absolute atomic E-state index is 7.69. The van der Waals surface area contributed by atoms with E-state index in [1.165, 1.54) is 11.3 Å². The molecular weight excluding hydrogens is 272 g/mol. The zero-order valence-electron chi connectivity index (χ0n) is 11.8. The number of aromatic amines is 1. The highest BCUT2D eigenvalue weighted by Crippen LogP contribution is 2.26. The van der Waals surface area contributed by atoms with Crippen molar-refractivity contribution in [1.29, 1.82) is 5.41 Å². The van der Waals surface area contributed by atoms with Crippen LogP contribution in [0, 0.1) is 12.3 Å². The number of guanidine groups is 1. The number of unbranched alkanes of at least 4 members (excludes halogenated alkanes) is 2. The van der Waals surface area contributed by atoms with Gasteiger partial charge in [0.1, 0.15) is 11.5 Å². The molecule has 6 nitrogen and oxygen atoms in total. The van der Waals surface area contributed by atoms with Crippen LogP contribution in [0.3, 0.4) is 0 Å². The van der Waals surface area contributed by atoms with E-state index >= 15 is 0 Å². The second kappa shape index (κ2) is 6.51. The number of hydrogen-bond donors (Lipinski definition) is 3. The molecule has 20 heavy (non-hydrogen) atoms. The predicted molar refractivity (Wildman–Crippen MR) is 83.2 cm³/mol. The highest BCUT2D eigenvalue weighted by molar-refractivity contribution is 7.14. The first-order chi connectivity index (χ1) is 9.61. The average molecular weight is 292 g/mol. The van der Waals surface area contributed by atoms with E-state index in [4.69, 9.17) is 11.1 Å². The molecule has 0 saturated heterocycles. The normalized spacial score (nSPS) is 10.7. The number of rotatable bonds is 6. The van der Waals surface area contributed by atoms with Crippen molar-refractivity contribution in [2.75, 3.05) is 11.4 Å². The molecule has 2 aromatic rings. The number of imidazole rings is 1. The van der Waals surface area contributed by atoms with Gasteiger partial charge in [-0.2, -0.15) is 0 Å². The monoisotopic (exact) mass is 292 g/mol. The van der Waals surface area contributed by atoms with Crippen LogP contribution in [0.25, 0.3) is 11.4 Å². The van der Waals surface area contributed by atoms with E-state index < -0.39 is 0 Å². The second-order valence-electron chi connectivity index (χ2n) is 4.64. The molecule has 0 amide bonds. The minimum atomic E-state index is 0.0443. The van der Waals surface area contributed by atoms with Gasteiger partial charge in [0.25, 0.3) is 0 Å². The van der Waals surface area contributed by atoms with Crippen LogP contribution in [-0.4, -0.2) is 27.5 Å². The first-order valence-corrected chi connectivity index (χ1v) is 7.59. The summed E-state index contributed by atoms with van der Waals surface area (Å²) in [6.07, 6.45) is 5.04. The summed E-state index contributed by atoms with van der Waals surface area (Å²) in [5.74, 6) is 0.906. The molecule has 0 unspecified atom stereocenters. The number of nitrogens with two attached hydrogens (primary N) is 1. The number of hydrogen-bond acceptors (Lipinski definition) is 4. The summed E-state index contributed by atoms with van der Waals surface area (Å²) in [4.78, 5) is 13.6. The zero-order valence-corrected chi connectivity index (χ0v) is 12.6. The van der Waals surface area contributed by atoms with E-state index in [0.29, 0.717) is 0 Å². The number of aryl methyl sites for hydroxylation is 1. The van der Waals surface area contributed by atoms with Crippen LogP contribution in [0.2, 0.25) is 0 Å². The highest BCUT2D eigenvalue weighted by atomic mass is 32.1. The maximum Gasteiger partial charge on any atom is 0.194 e. The van der Waals surface area contributed by atoms with E-state index in [9.17, 15) is 0 Å². The quantitative estimate of drug-likeness (QED) is 0.433. The lowest BCUT2D eigenvalue weighted by atomic mass is 10.2. The summed E-state index contributed by atoms with van der Waals surface area (Å²) < 4.78 is 0. The van der Waals surface area contributed by atoms with E-state index in [-0.39, 0.29) is 5.96 Å². The maximum atomic E-state index is 7.69. The lowest BCUT2D eigenvalue weighted by molar-refractivity contribution is 0.719. The zero-order chi connectivity index (χ0) is 14.5. The van der Waals surface area contributed by atoms with Crippen molar-refractivity contribution < 1.29 is 0 Å². The van der Waals surface area contributed by atoms with Crippen LogP contribution in [0.4, 0.5) is 5.13 Å². The van der Waals surface area contributed by atoms with E-state index in [1.54, 1.807) is 11.1 Å². The van der Waals surface area contributed by atoms with Crippen molar-refractivity contribution in [2.24, 2.45) is 5.73 Å². The standard InChI is InChI=1S/C13H20N6S/c1-3-4-5-6-19(12(14)15)13-18-11(8-20-13)10-7-16-9(2)17-10/h7-8H,3-6H2,1-2H3,(H3,14,15)(H,16,17). The van der Waals surface area contributed by atoms with Crippen molar-refractivity contribution in [3.05, 3.63) is 17.4 Å². The summed E-state index contributed by atoms with van der Waals surface area (Å²) in [5, 5.41) is 10.4. The highest BCUT2D eigenvalue weighted by Gasteiger charge is 2.15. The Bertz CT molecular complexity index is 573. The van der Waals surface area contributed by atoms with Gasteiger partial charge in [0, 0.05) is 11.9 Å². The Labute approximate surface area is 122 Å². The third-order valence-corrected chi connectivity index (χ3v) is 3.84.